The van der Waals surface area contributed by atoms with Crippen molar-refractivity contribution in [2.45, 2.75) is 19.5 Å². The lowest BCUT2D eigenvalue weighted by Crippen LogP contribution is -2.23. The maximum absolute atomic E-state index is 12.6. The molecule has 5 nitrogen and oxygen atoms in total. The lowest BCUT2D eigenvalue weighted by Gasteiger charge is -2.12. The number of aromatic nitrogens is 2. The molecule has 4 rings (SSSR count). The van der Waals surface area contributed by atoms with E-state index in [0.29, 0.717) is 17.8 Å². The number of nitrogens with one attached hydrogen (secondary N) is 2. The Morgan fingerprint density at radius 1 is 1.33 bits per heavy atom. The highest BCUT2D eigenvalue weighted by Crippen LogP contribution is 2.33. The van der Waals surface area contributed by atoms with Crippen LogP contribution in [0, 0.1) is 0 Å². The van der Waals surface area contributed by atoms with Gasteiger partial charge in [-0.05, 0) is 30.5 Å². The zero-order valence-corrected chi connectivity index (χ0v) is 14.5. The van der Waals surface area contributed by atoms with Crippen molar-refractivity contribution in [1.29, 1.82) is 0 Å². The molecule has 4 heterocycles. The first-order valence-corrected chi connectivity index (χ1v) is 9.29. The highest BCUT2D eigenvalue weighted by molar-refractivity contribution is 7.18. The van der Waals surface area contributed by atoms with Crippen LogP contribution in [-0.2, 0) is 6.54 Å². The number of aromatic amines is 1. The van der Waals surface area contributed by atoms with Crippen molar-refractivity contribution in [3.8, 4) is 10.4 Å². The number of nitrogens with zero attached hydrogens (tertiary/aromatic N) is 1. The Kier molecular flexibility index (Phi) is 4.05. The Bertz CT molecular complexity index is 1000. The molecule has 0 aliphatic heterocycles. The van der Waals surface area contributed by atoms with Gasteiger partial charge in [-0.3, -0.25) is 4.79 Å². The average molecular weight is 357 g/mol. The summed E-state index contributed by atoms with van der Waals surface area (Å²) < 4.78 is 5.31. The molecule has 0 radical (unpaired) electrons. The summed E-state index contributed by atoms with van der Waals surface area (Å²) in [5.74, 6) is 1.49. The number of thiophene rings is 2. The predicted octanol–water partition coefficient (Wildman–Crippen LogP) is 4.16. The minimum absolute atomic E-state index is 0.0838. The Morgan fingerprint density at radius 2 is 2.25 bits per heavy atom. The second-order valence-electron chi connectivity index (χ2n) is 5.44. The molecule has 0 saturated carbocycles. The van der Waals surface area contributed by atoms with Gasteiger partial charge in [-0.25, -0.2) is 4.98 Å². The third-order valence-electron chi connectivity index (χ3n) is 3.82. The summed E-state index contributed by atoms with van der Waals surface area (Å²) in [7, 11) is 0. The third kappa shape index (κ3) is 2.82. The predicted molar refractivity (Wildman–Crippen MR) is 97.5 cm³/mol. The van der Waals surface area contributed by atoms with Gasteiger partial charge in [0.25, 0.3) is 5.56 Å². The molecule has 0 spiro atoms. The summed E-state index contributed by atoms with van der Waals surface area (Å²) >= 11 is 3.13. The Balaban J connectivity index is 1.65. The summed E-state index contributed by atoms with van der Waals surface area (Å²) in [6.07, 6.45) is 1.64. The van der Waals surface area contributed by atoms with E-state index in [4.69, 9.17) is 4.42 Å². The fourth-order valence-corrected chi connectivity index (χ4v) is 4.32. The van der Waals surface area contributed by atoms with Crippen LogP contribution in [0.15, 0.2) is 50.5 Å². The molecule has 0 fully saturated rings. The Morgan fingerprint density at radius 3 is 3.00 bits per heavy atom. The van der Waals surface area contributed by atoms with Crippen LogP contribution in [0.5, 0.6) is 0 Å². The first kappa shape index (κ1) is 15.3. The zero-order valence-electron chi connectivity index (χ0n) is 12.9. The van der Waals surface area contributed by atoms with Crippen LogP contribution in [0.3, 0.4) is 0 Å². The van der Waals surface area contributed by atoms with E-state index in [1.54, 1.807) is 17.6 Å². The van der Waals surface area contributed by atoms with Gasteiger partial charge in [0.1, 0.15) is 16.4 Å². The summed E-state index contributed by atoms with van der Waals surface area (Å²) in [5, 5.41) is 7.99. The van der Waals surface area contributed by atoms with Crippen molar-refractivity contribution in [2.24, 2.45) is 0 Å². The van der Waals surface area contributed by atoms with Crippen LogP contribution in [0.2, 0.25) is 0 Å². The summed E-state index contributed by atoms with van der Waals surface area (Å²) in [6.45, 7) is 2.56. The van der Waals surface area contributed by atoms with Gasteiger partial charge >= 0.3 is 0 Å². The standard InChI is InChI=1S/C17H15N3O2S2/c1-10(18-8-11-4-2-6-22-11)15-19-16(21)14-12(9-24-17(14)20-15)13-5-3-7-23-13/h2-7,9-10,18H,8H2,1H3,(H,19,20,21)/t10-/m1/s1. The van der Waals surface area contributed by atoms with E-state index in [9.17, 15) is 4.79 Å². The second-order valence-corrected chi connectivity index (χ2v) is 7.25. The molecule has 0 aliphatic rings. The molecule has 1 atom stereocenters. The highest BCUT2D eigenvalue weighted by Gasteiger charge is 2.16. The molecule has 7 heteroatoms. The SMILES string of the molecule is C[C@@H](NCc1ccco1)c1nc2scc(-c3cccs3)c2c(=O)[nH]1. The molecule has 0 amide bonds. The van der Waals surface area contributed by atoms with Crippen LogP contribution >= 0.6 is 22.7 Å². The Labute approximate surface area is 146 Å². The number of hydrogen-bond donors (Lipinski definition) is 2. The van der Waals surface area contributed by atoms with E-state index in [1.165, 1.54) is 11.3 Å². The minimum atomic E-state index is -0.0914. The van der Waals surface area contributed by atoms with E-state index in [0.717, 1.165) is 21.0 Å². The number of rotatable bonds is 5. The fourth-order valence-electron chi connectivity index (χ4n) is 2.55. The van der Waals surface area contributed by atoms with E-state index in [-0.39, 0.29) is 11.6 Å². The number of H-pyrrole nitrogens is 1. The van der Waals surface area contributed by atoms with Gasteiger partial charge in [0.2, 0.25) is 0 Å². The van der Waals surface area contributed by atoms with Crippen molar-refractivity contribution in [3.63, 3.8) is 0 Å². The lowest BCUT2D eigenvalue weighted by atomic mass is 10.2. The quantitative estimate of drug-likeness (QED) is 0.563. The molecule has 4 aromatic heterocycles. The monoisotopic (exact) mass is 357 g/mol. The maximum Gasteiger partial charge on any atom is 0.260 e. The molecule has 24 heavy (non-hydrogen) atoms. The zero-order chi connectivity index (χ0) is 16.5. The van der Waals surface area contributed by atoms with Crippen LogP contribution in [0.25, 0.3) is 20.7 Å². The average Bonchev–Trinajstić information content (AvgIpc) is 3.31. The van der Waals surface area contributed by atoms with Crippen molar-refractivity contribution in [2.75, 3.05) is 0 Å². The second kappa shape index (κ2) is 6.35. The van der Waals surface area contributed by atoms with Crippen molar-refractivity contribution < 1.29 is 4.42 Å². The van der Waals surface area contributed by atoms with Gasteiger partial charge in [0.15, 0.2) is 0 Å². The topological polar surface area (TPSA) is 70.9 Å². The van der Waals surface area contributed by atoms with Gasteiger partial charge in [0.05, 0.1) is 24.2 Å². The van der Waals surface area contributed by atoms with Crippen molar-refractivity contribution >= 4 is 32.9 Å². The van der Waals surface area contributed by atoms with Crippen LogP contribution in [0.1, 0.15) is 24.6 Å². The van der Waals surface area contributed by atoms with E-state index >= 15 is 0 Å². The maximum atomic E-state index is 12.6. The summed E-state index contributed by atoms with van der Waals surface area (Å²) in [6, 6.07) is 7.68. The molecule has 0 aliphatic carbocycles. The first-order chi connectivity index (χ1) is 11.7. The van der Waals surface area contributed by atoms with Gasteiger partial charge in [-0.15, -0.1) is 22.7 Å². The molecule has 0 saturated heterocycles. The molecule has 0 aromatic carbocycles. The molecular formula is C17H15N3O2S2. The molecule has 2 N–H and O–H groups in total. The number of furan rings is 1. The van der Waals surface area contributed by atoms with E-state index in [2.05, 4.69) is 15.3 Å². The van der Waals surface area contributed by atoms with Gasteiger partial charge in [-0.2, -0.15) is 0 Å². The summed E-state index contributed by atoms with van der Waals surface area (Å²) in [4.78, 5) is 22.0. The molecule has 0 bridgehead atoms. The molecule has 4 aromatic rings. The van der Waals surface area contributed by atoms with Crippen molar-refractivity contribution in [1.82, 2.24) is 15.3 Å². The fraction of sp³-hybridized carbons (Fsp3) is 0.176. The number of hydrogen-bond acceptors (Lipinski definition) is 6. The molecular weight excluding hydrogens is 342 g/mol. The van der Waals surface area contributed by atoms with Crippen LogP contribution in [0.4, 0.5) is 0 Å². The Hall–Kier alpha value is -2.22. The van der Waals surface area contributed by atoms with E-state index < -0.39 is 0 Å². The van der Waals surface area contributed by atoms with Gasteiger partial charge in [0, 0.05) is 15.8 Å². The van der Waals surface area contributed by atoms with Crippen molar-refractivity contribution in [3.05, 3.63) is 63.2 Å². The highest BCUT2D eigenvalue weighted by atomic mass is 32.1. The third-order valence-corrected chi connectivity index (χ3v) is 5.60. The van der Waals surface area contributed by atoms with Crippen LogP contribution in [-0.4, -0.2) is 9.97 Å². The van der Waals surface area contributed by atoms with E-state index in [1.807, 2.05) is 41.9 Å². The smallest absolute Gasteiger partial charge is 0.260 e. The number of fused-ring (bicyclic) bond motifs is 1. The largest absolute Gasteiger partial charge is 0.468 e. The van der Waals surface area contributed by atoms with Crippen LogP contribution < -0.4 is 10.9 Å². The normalized spacial score (nSPS) is 12.7. The minimum Gasteiger partial charge on any atom is -0.468 e. The van der Waals surface area contributed by atoms with Gasteiger partial charge in [-0.1, -0.05) is 6.07 Å². The lowest BCUT2D eigenvalue weighted by molar-refractivity contribution is 0.453. The summed E-state index contributed by atoms with van der Waals surface area (Å²) in [5.41, 5.74) is 0.868. The first-order valence-electron chi connectivity index (χ1n) is 7.53. The molecule has 0 unspecified atom stereocenters. The van der Waals surface area contributed by atoms with Gasteiger partial charge < -0.3 is 14.7 Å². The molecule has 122 valence electrons.